The van der Waals surface area contributed by atoms with Crippen molar-refractivity contribution < 1.29 is 67.7 Å². The van der Waals surface area contributed by atoms with Crippen LogP contribution in [0.25, 0.3) is 21.8 Å². The summed E-state index contributed by atoms with van der Waals surface area (Å²) in [5, 5.41) is 43.2. The summed E-state index contributed by atoms with van der Waals surface area (Å²) in [6, 6.07) is 16.3. The molecule has 10 amide bonds. The highest BCUT2D eigenvalue weighted by Gasteiger charge is 2.43. The smallest absolute Gasteiger partial charge is 0.305 e. The lowest BCUT2D eigenvalue weighted by Crippen LogP contribution is -2.62. The van der Waals surface area contributed by atoms with Gasteiger partial charge >= 0.3 is 11.9 Å². The Kier molecular flexibility index (Phi) is 24.1. The number of fused-ring (bicyclic) bond motifs is 4. The Morgan fingerprint density at radius 2 is 0.719 bits per heavy atom. The Bertz CT molecular complexity index is 3560. The van der Waals surface area contributed by atoms with Crippen LogP contribution >= 0.6 is 0 Å². The first-order valence-electron chi connectivity index (χ1n) is 32.3. The minimum Gasteiger partial charge on any atom is -0.481 e. The van der Waals surface area contributed by atoms with Crippen molar-refractivity contribution in [2.24, 2.45) is 11.5 Å². The molecule has 28 nitrogen and oxygen atoms in total. The second kappa shape index (κ2) is 33.1. The molecule has 28 heteroatoms. The maximum Gasteiger partial charge on any atom is 0.305 e. The summed E-state index contributed by atoms with van der Waals surface area (Å²) in [6.45, 7) is -0.00659. The van der Waals surface area contributed by atoms with Gasteiger partial charge in [-0.2, -0.15) is 0 Å². The fourth-order valence-electron chi connectivity index (χ4n) is 12.7. The Morgan fingerprint density at radius 3 is 1.09 bits per heavy atom. The van der Waals surface area contributed by atoms with Crippen LogP contribution in [0.15, 0.2) is 122 Å². The first-order valence-corrected chi connectivity index (χ1v) is 32.3. The summed E-state index contributed by atoms with van der Waals surface area (Å²) in [5.74, 6) is -12.2. The Hall–Kier alpha value is -10.5. The molecular formula is C68H82N14O14. The zero-order chi connectivity index (χ0) is 68.4. The number of carboxylic acids is 2. The maximum absolute atomic E-state index is 15.2. The van der Waals surface area contributed by atoms with Crippen LogP contribution in [0.5, 0.6) is 0 Å². The second-order valence-corrected chi connectivity index (χ2v) is 24.4. The molecule has 0 bridgehead atoms. The van der Waals surface area contributed by atoms with E-state index in [0.29, 0.717) is 44.1 Å². The SMILES string of the molecule is NCCC[C@@H]1NC(=O)[C@H](CC(=O)O)NC(=O)[C@@H]2CCCN2C(=O)[C@@H](Cc2ccccc2)NC(=O)[C@H](Cc2c[nH]c3ccccc23)NC(=O)[C@H](CCCN)NC(=O)[C@H](CC(=O)O)NC(=O)[C@@H]2CCCN2C(=O)[C@@H](Cc2ccccc2)NC(=O)[C@H](Cc2c[nH]c3ccccc23)NC1=O. The number of hydrogen-bond acceptors (Lipinski definition) is 14. The van der Waals surface area contributed by atoms with Gasteiger partial charge in [0, 0.05) is 73.0 Å². The number of hydrogen-bond donors (Lipinski definition) is 14. The van der Waals surface area contributed by atoms with Crippen molar-refractivity contribution in [2.45, 2.75) is 150 Å². The molecule has 4 aromatic carbocycles. The molecule has 10 atom stereocenters. The predicted molar refractivity (Wildman–Crippen MR) is 350 cm³/mol. The summed E-state index contributed by atoms with van der Waals surface area (Å²) in [7, 11) is 0. The fourth-order valence-corrected chi connectivity index (χ4v) is 12.7. The van der Waals surface area contributed by atoms with Gasteiger partial charge in [0.25, 0.3) is 0 Å². The lowest BCUT2D eigenvalue weighted by Gasteiger charge is -2.32. The molecular weight excluding hydrogens is 1240 g/mol. The standard InChI is InChI=1S/C68H82N14O14/c69-27-11-23-47-59(87)75-49(33-41-37-71-45-21-9-7-19-43(41)45)61(89)79-53(31-39-15-3-1-4-16-39)67(95)81-29-13-25-55(81)65(93)77-51(35-57(83)84)63(91)74-48(24-12-28-70)60(88)76-50(34-42-38-72-46-22-10-8-20-44(42)46)62(90)80-54(32-40-17-5-2-6-18-40)68(96)82-30-14-26-56(82)66(94)78-52(36-58(85)86)64(92)73-47/h1-10,15-22,37-38,47-56,71-72H,11-14,23-36,69-70H2,(H,73,92)(H,74,91)(H,75,87)(H,76,88)(H,77,93)(H,78,94)(H,79,89)(H,80,90)(H,83,84)(H,85,86)/t47-,48-,49-,50-,51-,52-,53+,54+,55-,56-/m0/s1. The average molecular weight is 1320 g/mol. The normalized spacial score (nSPS) is 24.1. The topological polar surface area (TPSA) is 432 Å². The average Bonchev–Trinajstić information content (AvgIpc) is 1.56. The van der Waals surface area contributed by atoms with E-state index in [4.69, 9.17) is 11.5 Å². The molecule has 3 saturated heterocycles. The number of para-hydroxylation sites is 2. The molecule has 3 aliphatic heterocycles. The molecule has 16 N–H and O–H groups in total. The van der Waals surface area contributed by atoms with Gasteiger partial charge in [-0.3, -0.25) is 57.5 Å². The van der Waals surface area contributed by atoms with Crippen LogP contribution in [-0.4, -0.2) is 188 Å². The number of nitrogens with one attached hydrogen (secondary N) is 10. The Balaban J connectivity index is 1.11. The highest BCUT2D eigenvalue weighted by atomic mass is 16.4. The van der Waals surface area contributed by atoms with Crippen molar-refractivity contribution in [3.8, 4) is 0 Å². The first kappa shape index (κ1) is 69.9. The summed E-state index contributed by atoms with van der Waals surface area (Å²) < 4.78 is 0. The van der Waals surface area contributed by atoms with Gasteiger partial charge in [-0.05, 0) is 98.8 Å². The van der Waals surface area contributed by atoms with E-state index in [1.807, 2.05) is 0 Å². The molecule has 2 aromatic heterocycles. The molecule has 3 aliphatic rings. The third kappa shape index (κ3) is 18.0. The fraction of sp³-hybridized carbons (Fsp3) is 0.412. The number of benzene rings is 4. The van der Waals surface area contributed by atoms with Crippen LogP contribution in [0, 0.1) is 0 Å². The summed E-state index contributed by atoms with van der Waals surface area (Å²) >= 11 is 0. The number of aromatic nitrogens is 2. The quantitative estimate of drug-likeness (QED) is 0.0547. The monoisotopic (exact) mass is 1320 g/mol. The molecule has 0 unspecified atom stereocenters. The van der Waals surface area contributed by atoms with E-state index in [1.54, 1.807) is 122 Å². The number of carbonyl (C=O) groups excluding carboxylic acids is 10. The Labute approximate surface area is 552 Å². The van der Waals surface area contributed by atoms with Crippen molar-refractivity contribution in [3.63, 3.8) is 0 Å². The van der Waals surface area contributed by atoms with Crippen molar-refractivity contribution in [1.29, 1.82) is 0 Å². The molecule has 6 aromatic rings. The zero-order valence-corrected chi connectivity index (χ0v) is 52.9. The lowest BCUT2D eigenvalue weighted by molar-refractivity contribution is -0.144. The van der Waals surface area contributed by atoms with E-state index in [2.05, 4.69) is 52.5 Å². The minimum absolute atomic E-state index is 0.0206. The summed E-state index contributed by atoms with van der Waals surface area (Å²) in [5.41, 5.74) is 15.6. The van der Waals surface area contributed by atoms with E-state index in [0.717, 1.165) is 0 Å². The molecule has 9 rings (SSSR count). The van der Waals surface area contributed by atoms with Crippen LogP contribution in [0.2, 0.25) is 0 Å². The number of nitrogens with zero attached hydrogens (tertiary/aromatic N) is 2. The number of aromatic amines is 2. The minimum atomic E-state index is -1.84. The molecule has 5 heterocycles. The van der Waals surface area contributed by atoms with Gasteiger partial charge in [0.2, 0.25) is 59.1 Å². The van der Waals surface area contributed by atoms with Crippen molar-refractivity contribution >= 4 is 92.8 Å². The molecule has 3 fully saturated rings. The number of nitrogens with two attached hydrogens (primary N) is 2. The van der Waals surface area contributed by atoms with Gasteiger partial charge in [0.05, 0.1) is 12.8 Å². The van der Waals surface area contributed by atoms with Crippen LogP contribution in [0.1, 0.15) is 86.5 Å². The number of carboxylic acid groups (broad SMARTS) is 2. The van der Waals surface area contributed by atoms with E-state index in [9.17, 15) is 48.6 Å². The van der Waals surface area contributed by atoms with E-state index in [-0.39, 0.29) is 103 Å². The predicted octanol–water partition coefficient (Wildman–Crippen LogP) is 0.221. The van der Waals surface area contributed by atoms with Crippen molar-refractivity contribution in [2.75, 3.05) is 26.2 Å². The molecule has 0 spiro atoms. The molecule has 0 saturated carbocycles. The third-order valence-corrected chi connectivity index (χ3v) is 17.6. The largest absolute Gasteiger partial charge is 0.481 e. The summed E-state index contributed by atoms with van der Waals surface area (Å²) in [6.07, 6.45) is 1.19. The van der Waals surface area contributed by atoms with E-state index < -0.39 is 144 Å². The highest BCUT2D eigenvalue weighted by molar-refractivity contribution is 6.01. The number of rotatable bonds is 18. The van der Waals surface area contributed by atoms with Crippen LogP contribution in [-0.2, 0) is 83.2 Å². The molecule has 0 aliphatic carbocycles. The van der Waals surface area contributed by atoms with Crippen molar-refractivity contribution in [1.82, 2.24) is 62.3 Å². The lowest BCUT2D eigenvalue weighted by atomic mass is 10.0. The van der Waals surface area contributed by atoms with Gasteiger partial charge in [-0.1, -0.05) is 97.1 Å². The van der Waals surface area contributed by atoms with Gasteiger partial charge in [0.1, 0.15) is 60.4 Å². The van der Waals surface area contributed by atoms with Crippen molar-refractivity contribution in [3.05, 3.63) is 144 Å². The number of aliphatic carboxylic acids is 2. The first-order chi connectivity index (χ1) is 46.3. The molecule has 96 heavy (non-hydrogen) atoms. The van der Waals surface area contributed by atoms with Gasteiger partial charge in [-0.15, -0.1) is 0 Å². The Morgan fingerprint density at radius 1 is 0.396 bits per heavy atom. The van der Waals surface area contributed by atoms with Crippen LogP contribution < -0.4 is 54.0 Å². The number of carbonyl (C=O) groups is 12. The van der Waals surface area contributed by atoms with Crippen LogP contribution in [0.4, 0.5) is 0 Å². The van der Waals surface area contributed by atoms with Crippen LogP contribution in [0.3, 0.4) is 0 Å². The van der Waals surface area contributed by atoms with E-state index >= 15 is 19.2 Å². The van der Waals surface area contributed by atoms with Gasteiger partial charge in [0.15, 0.2) is 0 Å². The van der Waals surface area contributed by atoms with E-state index in [1.165, 1.54) is 9.80 Å². The van der Waals surface area contributed by atoms with Gasteiger partial charge in [-0.25, -0.2) is 0 Å². The number of H-pyrrole nitrogens is 2. The zero-order valence-electron chi connectivity index (χ0n) is 52.9. The summed E-state index contributed by atoms with van der Waals surface area (Å²) in [4.78, 5) is 183. The third-order valence-electron chi connectivity index (χ3n) is 17.6. The maximum atomic E-state index is 15.2. The second-order valence-electron chi connectivity index (χ2n) is 24.4. The van der Waals surface area contributed by atoms with Gasteiger partial charge < -0.3 is 84.0 Å². The molecule has 0 radical (unpaired) electrons. The highest BCUT2D eigenvalue weighted by Crippen LogP contribution is 2.25. The molecule has 508 valence electrons. The number of amides is 10.